The van der Waals surface area contributed by atoms with Crippen molar-refractivity contribution >= 4 is 17.2 Å². The van der Waals surface area contributed by atoms with Crippen molar-refractivity contribution in [1.29, 1.82) is 0 Å². The zero-order chi connectivity index (χ0) is 12.3. The van der Waals surface area contributed by atoms with E-state index in [2.05, 4.69) is 5.32 Å². The Labute approximate surface area is 100 Å². The summed E-state index contributed by atoms with van der Waals surface area (Å²) >= 11 is 0. The number of nitrogens with two attached hydrogens (primary N) is 1. The Morgan fingerprint density at radius 1 is 1.12 bits per heavy atom. The number of carbonyl (C=O) groups is 1. The third-order valence-electron chi connectivity index (χ3n) is 2.59. The van der Waals surface area contributed by atoms with Crippen molar-refractivity contribution in [3.8, 4) is 0 Å². The van der Waals surface area contributed by atoms with Gasteiger partial charge in [-0.3, -0.25) is 4.79 Å². The molecular weight excluding hydrogens is 212 g/mol. The Morgan fingerprint density at radius 3 is 2.47 bits per heavy atom. The first-order chi connectivity index (χ1) is 8.22. The van der Waals surface area contributed by atoms with Gasteiger partial charge in [0.15, 0.2) is 5.78 Å². The van der Waals surface area contributed by atoms with Gasteiger partial charge in [0.25, 0.3) is 0 Å². The Hall–Kier alpha value is -2.29. The molecule has 3 N–H and O–H groups in total. The molecule has 2 aromatic rings. The molecule has 0 amide bonds. The fourth-order valence-electron chi connectivity index (χ4n) is 1.71. The standard InChI is InChI=1S/C14H14N2O/c1-16-13-8-7-11(15)9-12(13)14(17)10-5-3-2-4-6-10/h2-9,16H,15H2,1H3. The van der Waals surface area contributed by atoms with Crippen LogP contribution in [0.15, 0.2) is 48.5 Å². The molecule has 86 valence electrons. The predicted octanol–water partition coefficient (Wildman–Crippen LogP) is 2.54. The number of carbonyl (C=O) groups excluding carboxylic acids is 1. The average Bonchev–Trinajstić information content (AvgIpc) is 2.39. The maximum atomic E-state index is 12.3. The molecule has 0 saturated heterocycles. The van der Waals surface area contributed by atoms with Gasteiger partial charge < -0.3 is 11.1 Å². The summed E-state index contributed by atoms with van der Waals surface area (Å²) in [4.78, 5) is 12.3. The van der Waals surface area contributed by atoms with Gasteiger partial charge in [0.05, 0.1) is 0 Å². The minimum Gasteiger partial charge on any atom is -0.399 e. The molecule has 0 atom stereocenters. The van der Waals surface area contributed by atoms with Crippen LogP contribution in [0.1, 0.15) is 15.9 Å². The van der Waals surface area contributed by atoms with Crippen LogP contribution < -0.4 is 11.1 Å². The number of nitrogen functional groups attached to an aromatic ring is 1. The zero-order valence-electron chi connectivity index (χ0n) is 9.60. The lowest BCUT2D eigenvalue weighted by Gasteiger charge is -2.09. The van der Waals surface area contributed by atoms with Crippen LogP contribution in [0.5, 0.6) is 0 Å². The smallest absolute Gasteiger partial charge is 0.195 e. The second-order valence-electron chi connectivity index (χ2n) is 3.75. The van der Waals surface area contributed by atoms with E-state index in [0.717, 1.165) is 5.69 Å². The van der Waals surface area contributed by atoms with Crippen LogP contribution in [0.3, 0.4) is 0 Å². The summed E-state index contributed by atoms with van der Waals surface area (Å²) in [5, 5.41) is 3.00. The maximum absolute atomic E-state index is 12.3. The highest BCUT2D eigenvalue weighted by molar-refractivity contribution is 6.12. The number of ketones is 1. The van der Waals surface area contributed by atoms with Crippen LogP contribution in [-0.4, -0.2) is 12.8 Å². The van der Waals surface area contributed by atoms with E-state index in [1.54, 1.807) is 31.3 Å². The van der Waals surface area contributed by atoms with Gasteiger partial charge in [-0.2, -0.15) is 0 Å². The van der Waals surface area contributed by atoms with Crippen LogP contribution in [0.4, 0.5) is 11.4 Å². The molecule has 0 saturated carbocycles. The van der Waals surface area contributed by atoms with Gasteiger partial charge in [0, 0.05) is 29.5 Å². The fourth-order valence-corrected chi connectivity index (χ4v) is 1.71. The van der Waals surface area contributed by atoms with Crippen molar-refractivity contribution in [3.63, 3.8) is 0 Å². The van der Waals surface area contributed by atoms with Crippen molar-refractivity contribution in [2.75, 3.05) is 18.1 Å². The van der Waals surface area contributed by atoms with Crippen molar-refractivity contribution < 1.29 is 4.79 Å². The first-order valence-corrected chi connectivity index (χ1v) is 5.39. The van der Waals surface area contributed by atoms with Crippen LogP contribution in [0, 0.1) is 0 Å². The lowest BCUT2D eigenvalue weighted by molar-refractivity contribution is 0.103. The van der Waals surface area contributed by atoms with Gasteiger partial charge in [-0.25, -0.2) is 0 Å². The normalized spacial score (nSPS) is 9.94. The highest BCUT2D eigenvalue weighted by Gasteiger charge is 2.12. The summed E-state index contributed by atoms with van der Waals surface area (Å²) in [5.41, 5.74) is 8.35. The number of nitrogens with one attached hydrogen (secondary N) is 1. The van der Waals surface area contributed by atoms with Gasteiger partial charge >= 0.3 is 0 Å². The van der Waals surface area contributed by atoms with Crippen LogP contribution >= 0.6 is 0 Å². The van der Waals surface area contributed by atoms with E-state index in [1.165, 1.54) is 0 Å². The number of rotatable bonds is 3. The quantitative estimate of drug-likeness (QED) is 0.624. The van der Waals surface area contributed by atoms with Crippen LogP contribution in [0.25, 0.3) is 0 Å². The van der Waals surface area contributed by atoms with Gasteiger partial charge in [0.2, 0.25) is 0 Å². The first kappa shape index (κ1) is 11.2. The number of anilines is 2. The van der Waals surface area contributed by atoms with Crippen molar-refractivity contribution in [1.82, 2.24) is 0 Å². The molecule has 0 aliphatic rings. The van der Waals surface area contributed by atoms with E-state index >= 15 is 0 Å². The Balaban J connectivity index is 2.47. The molecule has 0 fully saturated rings. The average molecular weight is 226 g/mol. The number of hydrogen-bond donors (Lipinski definition) is 2. The van der Waals surface area contributed by atoms with Crippen molar-refractivity contribution in [2.24, 2.45) is 0 Å². The number of hydrogen-bond acceptors (Lipinski definition) is 3. The lowest BCUT2D eigenvalue weighted by atomic mass is 10.0. The molecule has 0 radical (unpaired) electrons. The lowest BCUT2D eigenvalue weighted by Crippen LogP contribution is -2.06. The molecule has 0 heterocycles. The summed E-state index contributed by atoms with van der Waals surface area (Å²) in [6.07, 6.45) is 0. The van der Waals surface area contributed by atoms with Gasteiger partial charge in [-0.1, -0.05) is 30.3 Å². The third kappa shape index (κ3) is 2.28. The Bertz CT molecular complexity index is 535. The first-order valence-electron chi connectivity index (χ1n) is 5.39. The largest absolute Gasteiger partial charge is 0.399 e. The van der Waals surface area contributed by atoms with E-state index in [1.807, 2.05) is 24.3 Å². The minimum absolute atomic E-state index is 0.0257. The minimum atomic E-state index is -0.0257. The summed E-state index contributed by atoms with van der Waals surface area (Å²) in [6.45, 7) is 0. The third-order valence-corrected chi connectivity index (χ3v) is 2.59. The molecule has 17 heavy (non-hydrogen) atoms. The SMILES string of the molecule is CNc1ccc(N)cc1C(=O)c1ccccc1. The molecule has 2 rings (SSSR count). The highest BCUT2D eigenvalue weighted by Crippen LogP contribution is 2.21. The second kappa shape index (κ2) is 4.70. The van der Waals surface area contributed by atoms with Gasteiger partial charge in [-0.15, -0.1) is 0 Å². The number of benzene rings is 2. The molecule has 3 heteroatoms. The molecule has 0 aliphatic carbocycles. The van der Waals surface area contributed by atoms with E-state index in [4.69, 9.17) is 5.73 Å². The fraction of sp³-hybridized carbons (Fsp3) is 0.0714. The second-order valence-corrected chi connectivity index (χ2v) is 3.75. The van der Waals surface area contributed by atoms with E-state index in [-0.39, 0.29) is 5.78 Å². The summed E-state index contributed by atoms with van der Waals surface area (Å²) in [6, 6.07) is 14.4. The van der Waals surface area contributed by atoms with E-state index in [0.29, 0.717) is 16.8 Å². The summed E-state index contributed by atoms with van der Waals surface area (Å²) in [7, 11) is 1.79. The highest BCUT2D eigenvalue weighted by atomic mass is 16.1. The molecular formula is C14H14N2O. The maximum Gasteiger partial charge on any atom is 0.195 e. The van der Waals surface area contributed by atoms with Gasteiger partial charge in [-0.05, 0) is 18.2 Å². The molecule has 3 nitrogen and oxygen atoms in total. The zero-order valence-corrected chi connectivity index (χ0v) is 9.60. The molecule has 0 aromatic heterocycles. The molecule has 0 bridgehead atoms. The molecule has 0 spiro atoms. The monoisotopic (exact) mass is 226 g/mol. The Kier molecular flexibility index (Phi) is 3.10. The van der Waals surface area contributed by atoms with Crippen LogP contribution in [0.2, 0.25) is 0 Å². The molecule has 0 aliphatic heterocycles. The van der Waals surface area contributed by atoms with Crippen LogP contribution in [-0.2, 0) is 0 Å². The van der Waals surface area contributed by atoms with Crippen molar-refractivity contribution in [3.05, 3.63) is 59.7 Å². The van der Waals surface area contributed by atoms with Gasteiger partial charge in [0.1, 0.15) is 0 Å². The Morgan fingerprint density at radius 2 is 1.82 bits per heavy atom. The summed E-state index contributed by atoms with van der Waals surface area (Å²) in [5.74, 6) is -0.0257. The molecule has 0 unspecified atom stereocenters. The molecule has 2 aromatic carbocycles. The summed E-state index contributed by atoms with van der Waals surface area (Å²) < 4.78 is 0. The van der Waals surface area contributed by atoms with Crippen molar-refractivity contribution in [2.45, 2.75) is 0 Å². The predicted molar refractivity (Wildman–Crippen MR) is 70.3 cm³/mol. The van der Waals surface area contributed by atoms with E-state index in [9.17, 15) is 4.79 Å². The topological polar surface area (TPSA) is 55.1 Å². The van der Waals surface area contributed by atoms with E-state index < -0.39 is 0 Å².